The zero-order valence-electron chi connectivity index (χ0n) is 24.2. The van der Waals surface area contributed by atoms with Gasteiger partial charge in [0, 0.05) is 49.4 Å². The molecule has 2 atom stereocenters. The molecule has 0 saturated carbocycles. The number of amides is 1. The van der Waals surface area contributed by atoms with Crippen LogP contribution in [0.2, 0.25) is 0 Å². The number of benzene rings is 3. The summed E-state index contributed by atoms with van der Waals surface area (Å²) in [5, 5.41) is 11.3. The molecule has 11 heteroatoms. The molecule has 226 valence electrons. The standard InChI is InChI=1S/C32H36N4O6S/c1-23(2)30(32(38)39)36(43(40)41)35-19-17-34(18-20-35)27-13-10-25(11-14-27)8-9-26-12-15-29(28(22-26)31(33)37)42-21-16-24-6-4-3-5-7-24/h3-7,10-15,22-23,30H,16-21H2,1-2H3,(H2,33,37)(H,38,39)(H,40,41). The number of ether oxygens (including phenoxy) is 1. The van der Waals surface area contributed by atoms with Gasteiger partial charge in [-0.2, -0.15) is 0 Å². The van der Waals surface area contributed by atoms with Gasteiger partial charge in [0.2, 0.25) is 11.3 Å². The smallest absolute Gasteiger partial charge is 0.323 e. The highest BCUT2D eigenvalue weighted by Gasteiger charge is 2.38. The monoisotopic (exact) mass is 604 g/mol. The number of carbonyl (C=O) groups excluding carboxylic acids is 1. The number of carboxylic acids is 1. The van der Waals surface area contributed by atoms with Gasteiger partial charge in [-0.15, -0.1) is 4.41 Å². The number of piperazine rings is 1. The van der Waals surface area contributed by atoms with Crippen molar-refractivity contribution in [3.8, 4) is 17.6 Å². The first kappa shape index (κ1) is 31.7. The predicted molar refractivity (Wildman–Crippen MR) is 166 cm³/mol. The van der Waals surface area contributed by atoms with Gasteiger partial charge in [-0.3, -0.25) is 14.1 Å². The van der Waals surface area contributed by atoms with Crippen LogP contribution in [0.1, 0.15) is 40.9 Å². The lowest BCUT2D eigenvalue weighted by Crippen LogP contribution is -2.60. The van der Waals surface area contributed by atoms with Crippen LogP contribution in [0.25, 0.3) is 0 Å². The van der Waals surface area contributed by atoms with E-state index in [1.807, 2.05) is 54.6 Å². The van der Waals surface area contributed by atoms with E-state index >= 15 is 0 Å². The maximum atomic E-state index is 12.1. The third-order valence-electron chi connectivity index (χ3n) is 7.14. The lowest BCUT2D eigenvalue weighted by Gasteiger charge is -2.42. The Kier molecular flexibility index (Phi) is 10.9. The minimum absolute atomic E-state index is 0.279. The van der Waals surface area contributed by atoms with Crippen molar-refractivity contribution in [3.05, 3.63) is 95.1 Å². The van der Waals surface area contributed by atoms with Crippen LogP contribution in [0.4, 0.5) is 5.69 Å². The van der Waals surface area contributed by atoms with Gasteiger partial charge in [0.25, 0.3) is 5.91 Å². The molecule has 43 heavy (non-hydrogen) atoms. The summed E-state index contributed by atoms with van der Waals surface area (Å²) in [6.45, 7) is 5.76. The molecule has 4 N–H and O–H groups in total. The van der Waals surface area contributed by atoms with Crippen LogP contribution in [0, 0.1) is 17.8 Å². The third kappa shape index (κ3) is 8.43. The molecule has 2 unspecified atom stereocenters. The average Bonchev–Trinajstić information content (AvgIpc) is 2.99. The van der Waals surface area contributed by atoms with Crippen LogP contribution in [0.15, 0.2) is 72.8 Å². The van der Waals surface area contributed by atoms with E-state index in [0.717, 1.165) is 21.2 Å². The minimum Gasteiger partial charge on any atom is -0.492 e. The summed E-state index contributed by atoms with van der Waals surface area (Å²) < 4.78 is 28.8. The Labute approximate surface area is 254 Å². The fourth-order valence-corrected chi connectivity index (χ4v) is 5.80. The summed E-state index contributed by atoms with van der Waals surface area (Å²) in [6, 6.07) is 21.7. The van der Waals surface area contributed by atoms with Crippen LogP contribution in [-0.2, 0) is 22.5 Å². The topological polar surface area (TPSA) is 137 Å². The number of rotatable bonds is 11. The SMILES string of the molecule is CC(C)C(C(=O)O)N(N1CCN(c2ccc(C#Cc3ccc(OCCc4ccccc4)c(C(N)=O)c3)cc2)CC1)S(=O)O. The number of carbonyl (C=O) groups is 2. The highest BCUT2D eigenvalue weighted by Crippen LogP contribution is 2.23. The van der Waals surface area contributed by atoms with Gasteiger partial charge in [-0.05, 0) is 53.9 Å². The molecule has 1 heterocycles. The van der Waals surface area contributed by atoms with E-state index in [-0.39, 0.29) is 11.5 Å². The van der Waals surface area contributed by atoms with Gasteiger partial charge in [0.05, 0.1) is 12.2 Å². The lowest BCUT2D eigenvalue weighted by atomic mass is 10.1. The Morgan fingerprint density at radius 1 is 0.977 bits per heavy atom. The number of nitrogens with two attached hydrogens (primary N) is 1. The largest absolute Gasteiger partial charge is 0.492 e. The summed E-state index contributed by atoms with van der Waals surface area (Å²) in [7, 11) is 0. The Hall–Kier alpha value is -4.21. The van der Waals surface area contributed by atoms with Crippen LogP contribution in [0.3, 0.4) is 0 Å². The first-order chi connectivity index (χ1) is 20.6. The molecule has 10 nitrogen and oxygen atoms in total. The number of carboxylic acid groups (broad SMARTS) is 1. The highest BCUT2D eigenvalue weighted by molar-refractivity contribution is 7.76. The van der Waals surface area contributed by atoms with Crippen LogP contribution in [0.5, 0.6) is 5.75 Å². The van der Waals surface area contributed by atoms with Crippen molar-refractivity contribution in [2.45, 2.75) is 26.3 Å². The molecule has 3 aromatic carbocycles. The summed E-state index contributed by atoms with van der Waals surface area (Å²) in [5.74, 6) is 4.56. The lowest BCUT2D eigenvalue weighted by molar-refractivity contribution is -0.148. The maximum absolute atomic E-state index is 12.1. The Morgan fingerprint density at radius 2 is 1.60 bits per heavy atom. The second kappa shape index (κ2) is 14.8. The average molecular weight is 605 g/mol. The Bertz CT molecular complexity index is 1500. The molecule has 3 aromatic rings. The molecule has 0 bridgehead atoms. The van der Waals surface area contributed by atoms with Crippen LogP contribution < -0.4 is 15.4 Å². The van der Waals surface area contributed by atoms with Crippen molar-refractivity contribution < 1.29 is 28.2 Å². The van der Waals surface area contributed by atoms with Gasteiger partial charge in [0.1, 0.15) is 11.8 Å². The molecule has 0 aliphatic carbocycles. The summed E-state index contributed by atoms with van der Waals surface area (Å²) in [4.78, 5) is 26.0. The molecular formula is C32H36N4O6S. The molecule has 1 aliphatic heterocycles. The van der Waals surface area contributed by atoms with Gasteiger partial charge in [-0.1, -0.05) is 56.0 Å². The van der Waals surface area contributed by atoms with Gasteiger partial charge in [-0.25, -0.2) is 9.22 Å². The van der Waals surface area contributed by atoms with E-state index in [2.05, 4.69) is 16.7 Å². The zero-order chi connectivity index (χ0) is 30.9. The zero-order valence-corrected chi connectivity index (χ0v) is 25.0. The first-order valence-corrected chi connectivity index (χ1v) is 15.1. The molecule has 1 saturated heterocycles. The van der Waals surface area contributed by atoms with Gasteiger partial charge in [0.15, 0.2) is 0 Å². The fraction of sp³-hybridized carbons (Fsp3) is 0.312. The van der Waals surface area contributed by atoms with E-state index in [1.54, 1.807) is 37.1 Å². The maximum Gasteiger partial charge on any atom is 0.323 e. The van der Waals surface area contributed by atoms with Crippen molar-refractivity contribution in [2.24, 2.45) is 11.7 Å². The van der Waals surface area contributed by atoms with Crippen molar-refractivity contribution in [3.63, 3.8) is 0 Å². The minimum atomic E-state index is -2.45. The van der Waals surface area contributed by atoms with E-state index < -0.39 is 29.2 Å². The van der Waals surface area contributed by atoms with Crippen LogP contribution >= 0.6 is 0 Å². The number of primary amides is 1. The molecular weight excluding hydrogens is 568 g/mol. The quantitative estimate of drug-likeness (QED) is 0.224. The molecule has 0 radical (unpaired) electrons. The van der Waals surface area contributed by atoms with E-state index in [9.17, 15) is 23.5 Å². The van der Waals surface area contributed by atoms with E-state index in [0.29, 0.717) is 50.5 Å². The first-order valence-electron chi connectivity index (χ1n) is 14.0. The van der Waals surface area contributed by atoms with Crippen molar-refractivity contribution in [1.29, 1.82) is 0 Å². The highest BCUT2D eigenvalue weighted by atomic mass is 32.2. The number of hydrogen-bond donors (Lipinski definition) is 3. The second-order valence-corrected chi connectivity index (χ2v) is 11.3. The van der Waals surface area contributed by atoms with E-state index in [1.165, 1.54) is 0 Å². The Balaban J connectivity index is 1.37. The second-order valence-electron chi connectivity index (χ2n) is 10.5. The number of hydrazine groups is 1. The number of anilines is 1. The number of nitrogens with zero attached hydrogens (tertiary/aromatic N) is 3. The number of aliphatic carboxylic acids is 1. The molecule has 0 spiro atoms. The summed E-state index contributed by atoms with van der Waals surface area (Å²) in [6.07, 6.45) is 0.706. The van der Waals surface area contributed by atoms with Gasteiger partial charge < -0.3 is 20.5 Å². The normalized spacial score (nSPS) is 15.0. The van der Waals surface area contributed by atoms with Crippen LogP contribution in [-0.4, -0.2) is 74.0 Å². The molecule has 0 aromatic heterocycles. The molecule has 1 fully saturated rings. The molecule has 1 aliphatic rings. The van der Waals surface area contributed by atoms with Crippen molar-refractivity contribution in [1.82, 2.24) is 9.42 Å². The Morgan fingerprint density at radius 3 is 2.19 bits per heavy atom. The van der Waals surface area contributed by atoms with Crippen molar-refractivity contribution in [2.75, 3.05) is 37.7 Å². The molecule has 1 amide bonds. The summed E-state index contributed by atoms with van der Waals surface area (Å²) in [5.41, 5.74) is 9.42. The third-order valence-corrected chi connectivity index (χ3v) is 7.92. The summed E-state index contributed by atoms with van der Waals surface area (Å²) >= 11 is -2.45. The predicted octanol–water partition coefficient (Wildman–Crippen LogP) is 3.39. The van der Waals surface area contributed by atoms with Gasteiger partial charge >= 0.3 is 5.97 Å². The van der Waals surface area contributed by atoms with E-state index in [4.69, 9.17) is 10.5 Å². The van der Waals surface area contributed by atoms with Crippen molar-refractivity contribution >= 4 is 28.8 Å². The number of hydrogen-bond acceptors (Lipinski definition) is 6. The fourth-order valence-electron chi connectivity index (χ4n) is 4.91. The molecule has 4 rings (SSSR count).